The standard InChI is InChI=1S/C22H18ClF3N2O4S/c1-11-16-9-14(3-4-15(16)21(31)32-27-11)28(20(30)19(29)22(24,25)26)10-12-6-7-33-18-5-2-13(23)8-17(12)18/h2-5,8-9,12,19,29H,6-7,10H2,1H3/t12?,19-/m1/s1. The summed E-state index contributed by atoms with van der Waals surface area (Å²) in [5, 5.41) is 14.4. The fourth-order valence-corrected chi connectivity index (χ4v) is 5.20. The van der Waals surface area contributed by atoms with Gasteiger partial charge in [-0.05, 0) is 61.1 Å². The number of thioether (sulfide) groups is 1. The van der Waals surface area contributed by atoms with Crippen LogP contribution >= 0.6 is 23.4 Å². The van der Waals surface area contributed by atoms with Crippen molar-refractivity contribution >= 4 is 45.7 Å². The normalized spacial score (nSPS) is 17.0. The first-order chi connectivity index (χ1) is 15.6. The third kappa shape index (κ3) is 4.73. The van der Waals surface area contributed by atoms with E-state index in [4.69, 9.17) is 11.6 Å². The van der Waals surface area contributed by atoms with Gasteiger partial charge in [0.2, 0.25) is 6.10 Å². The van der Waals surface area contributed by atoms with Gasteiger partial charge >= 0.3 is 11.8 Å². The van der Waals surface area contributed by atoms with Crippen LogP contribution in [0.2, 0.25) is 5.02 Å². The SMILES string of the molecule is Cc1noc(=O)c2ccc(N(CC3CCSc4ccc(Cl)cc43)C(=O)[C@@H](O)C(F)(F)F)cc12. The summed E-state index contributed by atoms with van der Waals surface area (Å²) in [5.74, 6) is -1.09. The molecule has 0 saturated carbocycles. The number of carbonyl (C=O) groups excluding carboxylic acids is 1. The number of halogens is 4. The molecule has 1 aliphatic heterocycles. The number of hydrogen-bond acceptors (Lipinski definition) is 6. The highest BCUT2D eigenvalue weighted by molar-refractivity contribution is 7.99. The molecule has 2 atom stereocenters. The van der Waals surface area contributed by atoms with Gasteiger partial charge in [0.15, 0.2) is 0 Å². The molecule has 174 valence electrons. The average Bonchev–Trinajstić information content (AvgIpc) is 2.78. The van der Waals surface area contributed by atoms with Crippen LogP contribution in [0.1, 0.15) is 23.6 Å². The van der Waals surface area contributed by atoms with Gasteiger partial charge in [0, 0.05) is 33.5 Å². The summed E-state index contributed by atoms with van der Waals surface area (Å²) in [4.78, 5) is 26.7. The number of nitrogens with zero attached hydrogens (tertiary/aromatic N) is 2. The number of benzene rings is 2. The Bertz CT molecular complexity index is 1280. The minimum Gasteiger partial charge on any atom is -0.376 e. The Kier molecular flexibility index (Phi) is 6.43. The van der Waals surface area contributed by atoms with Crippen molar-refractivity contribution in [1.29, 1.82) is 0 Å². The molecule has 2 aromatic carbocycles. The Labute approximate surface area is 195 Å². The van der Waals surface area contributed by atoms with Crippen LogP contribution in [0.3, 0.4) is 0 Å². The van der Waals surface area contributed by atoms with Crippen LogP contribution in [0, 0.1) is 6.92 Å². The molecule has 6 nitrogen and oxygen atoms in total. The van der Waals surface area contributed by atoms with Gasteiger partial charge in [-0.15, -0.1) is 11.8 Å². The lowest BCUT2D eigenvalue weighted by Gasteiger charge is -2.33. The molecule has 11 heteroatoms. The zero-order valence-corrected chi connectivity index (χ0v) is 18.8. The zero-order chi connectivity index (χ0) is 23.9. The molecule has 1 amide bonds. The first-order valence-corrected chi connectivity index (χ1v) is 11.3. The van der Waals surface area contributed by atoms with Crippen molar-refractivity contribution < 1.29 is 27.6 Å². The number of hydrogen-bond donors (Lipinski definition) is 1. The van der Waals surface area contributed by atoms with Gasteiger partial charge in [0.05, 0.1) is 11.1 Å². The monoisotopic (exact) mass is 498 g/mol. The molecular weight excluding hydrogens is 481 g/mol. The molecule has 2 heterocycles. The molecular formula is C22H18ClF3N2O4S. The van der Waals surface area contributed by atoms with E-state index in [0.29, 0.717) is 28.3 Å². The van der Waals surface area contributed by atoms with E-state index in [9.17, 15) is 27.9 Å². The number of aryl methyl sites for hydroxylation is 1. The van der Waals surface area contributed by atoms with Gasteiger partial charge in [-0.1, -0.05) is 16.8 Å². The lowest BCUT2D eigenvalue weighted by atomic mass is 9.94. The Hall–Kier alpha value is -2.56. The summed E-state index contributed by atoms with van der Waals surface area (Å²) in [6.45, 7) is 1.46. The average molecular weight is 499 g/mol. The molecule has 0 bridgehead atoms. The number of amides is 1. The molecule has 1 unspecified atom stereocenters. The van der Waals surface area contributed by atoms with Crippen molar-refractivity contribution in [1.82, 2.24) is 5.16 Å². The van der Waals surface area contributed by atoms with Crippen LogP contribution in [-0.2, 0) is 4.79 Å². The number of aliphatic hydroxyl groups excluding tert-OH is 1. The van der Waals surface area contributed by atoms with Gasteiger partial charge in [0.25, 0.3) is 5.91 Å². The van der Waals surface area contributed by atoms with Crippen LogP contribution in [0.5, 0.6) is 0 Å². The molecule has 0 saturated heterocycles. The Morgan fingerprint density at radius 2 is 2.06 bits per heavy atom. The lowest BCUT2D eigenvalue weighted by Crippen LogP contribution is -2.48. The van der Waals surface area contributed by atoms with E-state index in [1.807, 2.05) is 6.07 Å². The van der Waals surface area contributed by atoms with Crippen molar-refractivity contribution in [3.05, 3.63) is 63.1 Å². The predicted octanol–water partition coefficient (Wildman–Crippen LogP) is 4.69. The molecule has 0 spiro atoms. The van der Waals surface area contributed by atoms with E-state index in [1.54, 1.807) is 30.8 Å². The first kappa shape index (κ1) is 23.6. The fourth-order valence-electron chi connectivity index (χ4n) is 3.84. The number of alkyl halides is 3. The topological polar surface area (TPSA) is 83.6 Å². The molecule has 4 rings (SSSR count). The van der Waals surface area contributed by atoms with Gasteiger partial charge in [-0.25, -0.2) is 4.79 Å². The van der Waals surface area contributed by atoms with E-state index in [-0.39, 0.29) is 23.5 Å². The molecule has 33 heavy (non-hydrogen) atoms. The smallest absolute Gasteiger partial charge is 0.376 e. The summed E-state index contributed by atoms with van der Waals surface area (Å²) in [5.41, 5.74) is 0.565. The van der Waals surface area contributed by atoms with Gasteiger partial charge in [-0.2, -0.15) is 13.2 Å². The third-order valence-electron chi connectivity index (χ3n) is 5.54. The first-order valence-electron chi connectivity index (χ1n) is 9.95. The number of carbonyl (C=O) groups is 1. The largest absolute Gasteiger partial charge is 0.423 e. The van der Waals surface area contributed by atoms with Gasteiger partial charge < -0.3 is 14.5 Å². The number of rotatable bonds is 4. The maximum atomic E-state index is 13.2. The summed E-state index contributed by atoms with van der Waals surface area (Å²) >= 11 is 7.75. The molecule has 1 N–H and O–H groups in total. The van der Waals surface area contributed by atoms with Crippen LogP contribution in [-0.4, -0.2) is 40.7 Å². The van der Waals surface area contributed by atoms with Gasteiger partial charge in [-0.3, -0.25) is 4.79 Å². The van der Waals surface area contributed by atoms with Gasteiger partial charge in [0.1, 0.15) is 0 Å². The van der Waals surface area contributed by atoms with E-state index in [2.05, 4.69) is 9.68 Å². The maximum Gasteiger partial charge on any atom is 0.423 e. The second kappa shape index (κ2) is 9.00. The Balaban J connectivity index is 1.80. The van der Waals surface area contributed by atoms with Crippen molar-refractivity contribution in [2.24, 2.45) is 0 Å². The Morgan fingerprint density at radius 1 is 1.30 bits per heavy atom. The maximum absolute atomic E-state index is 13.2. The number of aromatic nitrogens is 1. The van der Waals surface area contributed by atoms with E-state index >= 15 is 0 Å². The Morgan fingerprint density at radius 3 is 2.79 bits per heavy atom. The molecule has 3 aromatic rings. The highest BCUT2D eigenvalue weighted by atomic mass is 35.5. The lowest BCUT2D eigenvalue weighted by molar-refractivity contribution is -0.203. The number of anilines is 1. The van der Waals surface area contributed by atoms with E-state index in [1.165, 1.54) is 18.2 Å². The highest BCUT2D eigenvalue weighted by Gasteiger charge is 2.46. The highest BCUT2D eigenvalue weighted by Crippen LogP contribution is 2.40. The summed E-state index contributed by atoms with van der Waals surface area (Å²) in [7, 11) is 0. The molecule has 1 aromatic heterocycles. The minimum atomic E-state index is -5.13. The second-order valence-electron chi connectivity index (χ2n) is 7.69. The quantitative estimate of drug-likeness (QED) is 0.562. The summed E-state index contributed by atoms with van der Waals surface area (Å²) < 4.78 is 44.4. The van der Waals surface area contributed by atoms with Crippen LogP contribution in [0.4, 0.5) is 18.9 Å². The summed E-state index contributed by atoms with van der Waals surface area (Å²) in [6.07, 6.45) is -7.72. The van der Waals surface area contributed by atoms with E-state index < -0.39 is 23.8 Å². The van der Waals surface area contributed by atoms with Crippen LogP contribution in [0.25, 0.3) is 10.8 Å². The summed E-state index contributed by atoms with van der Waals surface area (Å²) in [6, 6.07) is 9.46. The third-order valence-corrected chi connectivity index (χ3v) is 6.90. The molecule has 0 radical (unpaired) electrons. The fraction of sp³-hybridized carbons (Fsp3) is 0.318. The number of aliphatic hydroxyl groups is 1. The predicted molar refractivity (Wildman–Crippen MR) is 119 cm³/mol. The van der Waals surface area contributed by atoms with Crippen molar-refractivity contribution in [2.45, 2.75) is 36.4 Å². The van der Waals surface area contributed by atoms with Crippen molar-refractivity contribution in [3.63, 3.8) is 0 Å². The molecule has 0 aliphatic carbocycles. The number of fused-ring (bicyclic) bond motifs is 2. The van der Waals surface area contributed by atoms with Crippen LogP contribution < -0.4 is 10.5 Å². The van der Waals surface area contributed by atoms with E-state index in [0.717, 1.165) is 15.4 Å². The van der Waals surface area contributed by atoms with Crippen molar-refractivity contribution in [2.75, 3.05) is 17.2 Å². The van der Waals surface area contributed by atoms with Crippen LogP contribution in [0.15, 0.2) is 50.6 Å². The molecule has 0 fully saturated rings. The molecule has 1 aliphatic rings. The van der Waals surface area contributed by atoms with Crippen molar-refractivity contribution in [3.8, 4) is 0 Å². The zero-order valence-electron chi connectivity index (χ0n) is 17.2. The minimum absolute atomic E-state index is 0.105. The second-order valence-corrected chi connectivity index (χ2v) is 9.27.